The highest BCUT2D eigenvalue weighted by Gasteiger charge is 2.48. The zero-order chi connectivity index (χ0) is 26.2. The third-order valence-corrected chi connectivity index (χ3v) is 7.43. The largest absolute Gasteiger partial charge is 0.507 e. The minimum absolute atomic E-state index is 0.0114. The quantitative estimate of drug-likeness (QED) is 0.199. The first-order valence-electron chi connectivity index (χ1n) is 12.3. The number of ketones is 1. The van der Waals surface area contributed by atoms with E-state index in [1.54, 1.807) is 29.8 Å². The lowest BCUT2D eigenvalue weighted by Gasteiger charge is -2.23. The number of hydrogen-bond acceptors (Lipinski definition) is 7. The van der Waals surface area contributed by atoms with Gasteiger partial charge in [-0.15, -0.1) is 11.3 Å². The smallest absolute Gasteiger partial charge is 0.301 e. The van der Waals surface area contributed by atoms with Gasteiger partial charge in [-0.2, -0.15) is 0 Å². The second-order valence-electron chi connectivity index (χ2n) is 9.29. The van der Waals surface area contributed by atoms with Gasteiger partial charge in [0.25, 0.3) is 5.78 Å². The molecule has 0 radical (unpaired) electrons. The number of amides is 1. The van der Waals surface area contributed by atoms with Gasteiger partial charge in [-0.05, 0) is 53.9 Å². The second-order valence-corrected chi connectivity index (χ2v) is 10.2. The van der Waals surface area contributed by atoms with Gasteiger partial charge < -0.3 is 14.6 Å². The van der Waals surface area contributed by atoms with Crippen LogP contribution in [0.4, 0.5) is 5.13 Å². The van der Waals surface area contributed by atoms with E-state index in [-0.39, 0.29) is 17.4 Å². The maximum Gasteiger partial charge on any atom is 0.301 e. The zero-order valence-electron chi connectivity index (χ0n) is 20.5. The second kappa shape index (κ2) is 9.79. The molecule has 7 nitrogen and oxygen atoms in total. The number of aliphatic hydroxyl groups is 1. The molecular weight excluding hydrogens is 500 g/mol. The van der Waals surface area contributed by atoms with E-state index in [0.29, 0.717) is 35.0 Å². The maximum absolute atomic E-state index is 13.4. The topological polar surface area (TPSA) is 89.0 Å². The van der Waals surface area contributed by atoms with Gasteiger partial charge in [-0.1, -0.05) is 42.5 Å². The summed E-state index contributed by atoms with van der Waals surface area (Å²) in [6.45, 7) is 2.35. The summed E-state index contributed by atoms with van der Waals surface area (Å²) in [6, 6.07) is 21.5. The van der Waals surface area contributed by atoms with Gasteiger partial charge in [0.2, 0.25) is 0 Å². The van der Waals surface area contributed by atoms with Crippen LogP contribution in [0.15, 0.2) is 89.9 Å². The Hall–Kier alpha value is -4.43. The van der Waals surface area contributed by atoms with E-state index >= 15 is 0 Å². The van der Waals surface area contributed by atoms with Crippen LogP contribution in [0.25, 0.3) is 5.76 Å². The number of thiazole rings is 1. The summed E-state index contributed by atoms with van der Waals surface area (Å²) in [7, 11) is 0. The minimum atomic E-state index is -0.871. The molecule has 0 bridgehead atoms. The Labute approximate surface area is 223 Å². The summed E-state index contributed by atoms with van der Waals surface area (Å²) < 4.78 is 11.8. The van der Waals surface area contributed by atoms with E-state index in [1.165, 1.54) is 16.2 Å². The molecule has 3 aromatic carbocycles. The third-order valence-electron chi connectivity index (χ3n) is 6.66. The monoisotopic (exact) mass is 524 g/mol. The number of anilines is 1. The summed E-state index contributed by atoms with van der Waals surface area (Å²) in [5.41, 5.74) is 3.06. The molecule has 4 aromatic rings. The summed E-state index contributed by atoms with van der Waals surface area (Å²) in [4.78, 5) is 32.4. The first-order chi connectivity index (χ1) is 18.5. The molecule has 1 amide bonds. The highest BCUT2D eigenvalue weighted by atomic mass is 32.1. The van der Waals surface area contributed by atoms with Crippen molar-refractivity contribution in [3.8, 4) is 11.5 Å². The number of rotatable bonds is 6. The van der Waals surface area contributed by atoms with E-state index in [1.807, 2.05) is 61.5 Å². The Morgan fingerprint density at radius 2 is 1.95 bits per heavy atom. The standard InChI is InChI=1S/C30H24N2O5S/c1-18-14-22-15-21(10-11-24(22)37-18)27(33)25-26(32(29(35)28(25)34)30-31-12-13-38-30)20-8-5-9-23(16-20)36-17-19-6-3-2-4-7-19/h2-13,15-16,18,26,33H,14,17H2,1H3/t18-,26-/m0/s1. The Kier molecular flexibility index (Phi) is 6.17. The number of hydrogen-bond donors (Lipinski definition) is 1. The number of Topliss-reactive ketones (excluding diaryl/α,β-unsaturated/α-hetero) is 1. The van der Waals surface area contributed by atoms with Crippen molar-refractivity contribution in [1.29, 1.82) is 0 Å². The molecule has 8 heteroatoms. The average Bonchev–Trinajstić information content (AvgIpc) is 3.65. The van der Waals surface area contributed by atoms with E-state index in [0.717, 1.165) is 16.9 Å². The van der Waals surface area contributed by atoms with E-state index in [4.69, 9.17) is 9.47 Å². The molecule has 2 aliphatic rings. The lowest BCUT2D eigenvalue weighted by atomic mass is 9.94. The third kappa shape index (κ3) is 4.33. The van der Waals surface area contributed by atoms with Crippen LogP contribution in [0.1, 0.15) is 35.2 Å². The number of nitrogens with zero attached hydrogens (tertiary/aromatic N) is 2. The van der Waals surface area contributed by atoms with Crippen molar-refractivity contribution in [3.63, 3.8) is 0 Å². The molecule has 0 spiro atoms. The fourth-order valence-corrected chi connectivity index (χ4v) is 5.59. The SMILES string of the molecule is C[C@H]1Cc2cc(C(O)=C3C(=O)C(=O)N(c4nccs4)[C@H]3c3cccc(OCc4ccccc4)c3)ccc2O1. The molecule has 1 aromatic heterocycles. The van der Waals surface area contributed by atoms with Gasteiger partial charge >= 0.3 is 5.91 Å². The Balaban J connectivity index is 1.42. The lowest BCUT2D eigenvalue weighted by Crippen LogP contribution is -2.29. The number of aliphatic hydroxyl groups excluding tert-OH is 1. The molecule has 1 N–H and O–H groups in total. The normalized spacial score (nSPS) is 19.9. The van der Waals surface area contributed by atoms with E-state index in [2.05, 4.69) is 4.98 Å². The van der Waals surface area contributed by atoms with Gasteiger partial charge in [0, 0.05) is 23.6 Å². The molecule has 1 saturated heterocycles. The Morgan fingerprint density at radius 1 is 1.11 bits per heavy atom. The molecule has 0 unspecified atom stereocenters. The fourth-order valence-electron chi connectivity index (χ4n) is 4.92. The van der Waals surface area contributed by atoms with Crippen LogP contribution in [0, 0.1) is 0 Å². The van der Waals surface area contributed by atoms with E-state index in [9.17, 15) is 14.7 Å². The molecule has 3 heterocycles. The minimum Gasteiger partial charge on any atom is -0.507 e. The maximum atomic E-state index is 13.4. The molecule has 190 valence electrons. The van der Waals surface area contributed by atoms with Crippen molar-refractivity contribution >= 4 is 33.9 Å². The molecule has 1 fully saturated rings. The summed E-state index contributed by atoms with van der Waals surface area (Å²) >= 11 is 1.25. The molecule has 0 saturated carbocycles. The number of carbonyl (C=O) groups is 2. The van der Waals surface area contributed by atoms with Crippen molar-refractivity contribution < 1.29 is 24.2 Å². The fraction of sp³-hybridized carbons (Fsp3) is 0.167. The molecule has 2 aliphatic heterocycles. The van der Waals surface area contributed by atoms with Gasteiger partial charge in [-0.25, -0.2) is 4.98 Å². The Bertz CT molecular complexity index is 1550. The van der Waals surface area contributed by atoms with Crippen molar-refractivity contribution in [2.75, 3.05) is 4.90 Å². The van der Waals surface area contributed by atoms with Crippen LogP contribution >= 0.6 is 11.3 Å². The van der Waals surface area contributed by atoms with Crippen LogP contribution in [-0.2, 0) is 22.6 Å². The summed E-state index contributed by atoms with van der Waals surface area (Å²) in [5, 5.41) is 13.6. The van der Waals surface area contributed by atoms with Gasteiger partial charge in [0.1, 0.15) is 30.0 Å². The Morgan fingerprint density at radius 3 is 2.74 bits per heavy atom. The van der Waals surface area contributed by atoms with Crippen molar-refractivity contribution in [3.05, 3.63) is 112 Å². The zero-order valence-corrected chi connectivity index (χ0v) is 21.4. The molecule has 38 heavy (non-hydrogen) atoms. The first kappa shape index (κ1) is 23.9. The van der Waals surface area contributed by atoms with E-state index < -0.39 is 17.7 Å². The predicted octanol–water partition coefficient (Wildman–Crippen LogP) is 5.67. The van der Waals surface area contributed by atoms with Crippen molar-refractivity contribution in [1.82, 2.24) is 4.98 Å². The van der Waals surface area contributed by atoms with Gasteiger partial charge in [-0.3, -0.25) is 14.5 Å². The summed E-state index contributed by atoms with van der Waals surface area (Å²) in [5.74, 6) is -0.383. The van der Waals surface area contributed by atoms with Gasteiger partial charge in [0.15, 0.2) is 5.13 Å². The average molecular weight is 525 g/mol. The molecular formula is C30H24N2O5S. The van der Waals surface area contributed by atoms with Crippen LogP contribution in [-0.4, -0.2) is 27.9 Å². The van der Waals surface area contributed by atoms with Crippen LogP contribution < -0.4 is 14.4 Å². The number of aromatic nitrogens is 1. The highest BCUT2D eigenvalue weighted by Crippen LogP contribution is 2.44. The lowest BCUT2D eigenvalue weighted by molar-refractivity contribution is -0.132. The van der Waals surface area contributed by atoms with Crippen molar-refractivity contribution in [2.45, 2.75) is 32.1 Å². The first-order valence-corrected chi connectivity index (χ1v) is 13.1. The van der Waals surface area contributed by atoms with Crippen molar-refractivity contribution in [2.24, 2.45) is 0 Å². The molecule has 6 rings (SSSR count). The highest BCUT2D eigenvalue weighted by molar-refractivity contribution is 7.14. The molecule has 2 atom stereocenters. The predicted molar refractivity (Wildman–Crippen MR) is 144 cm³/mol. The molecule has 0 aliphatic carbocycles. The van der Waals surface area contributed by atoms with Crippen LogP contribution in [0.2, 0.25) is 0 Å². The number of fused-ring (bicyclic) bond motifs is 1. The number of carbonyl (C=O) groups excluding carboxylic acids is 2. The van der Waals surface area contributed by atoms with Gasteiger partial charge in [0.05, 0.1) is 11.6 Å². The number of ether oxygens (including phenoxy) is 2. The van der Waals surface area contributed by atoms with Crippen LogP contribution in [0.5, 0.6) is 11.5 Å². The summed E-state index contributed by atoms with van der Waals surface area (Å²) in [6.07, 6.45) is 2.32. The van der Waals surface area contributed by atoms with Crippen LogP contribution in [0.3, 0.4) is 0 Å². The number of benzene rings is 3.